The van der Waals surface area contributed by atoms with Gasteiger partial charge in [0.25, 0.3) is 0 Å². The Hall–Kier alpha value is -1.64. The fraction of sp³-hybridized carbons (Fsp3) is 0.368. The summed E-state index contributed by atoms with van der Waals surface area (Å²) in [6, 6.07) is 20.3. The van der Waals surface area contributed by atoms with Crippen LogP contribution in [-0.2, 0) is 6.54 Å². The van der Waals surface area contributed by atoms with E-state index < -0.39 is 0 Å². The van der Waals surface area contributed by atoms with Crippen molar-refractivity contribution in [3.63, 3.8) is 0 Å². The van der Waals surface area contributed by atoms with Crippen molar-refractivity contribution >= 4 is 0 Å². The minimum atomic E-state index is 0.722. The zero-order valence-corrected chi connectivity index (χ0v) is 12.8. The molecule has 1 saturated heterocycles. The van der Waals surface area contributed by atoms with Gasteiger partial charge in [-0.15, -0.1) is 0 Å². The summed E-state index contributed by atoms with van der Waals surface area (Å²) in [7, 11) is 2.25. The summed E-state index contributed by atoms with van der Waals surface area (Å²) in [4.78, 5) is 2.50. The Morgan fingerprint density at radius 1 is 0.905 bits per heavy atom. The first kappa shape index (κ1) is 14.3. The van der Waals surface area contributed by atoms with Gasteiger partial charge in [-0.25, -0.2) is 0 Å². The molecule has 1 N–H and O–H groups in total. The molecule has 1 aliphatic rings. The molecule has 0 unspecified atom stereocenters. The van der Waals surface area contributed by atoms with Crippen LogP contribution in [0.1, 0.15) is 18.4 Å². The molecular weight excluding hydrogens is 256 g/mol. The fourth-order valence-corrected chi connectivity index (χ4v) is 3.10. The number of hydrogen-bond donors (Lipinski definition) is 1. The minimum absolute atomic E-state index is 0.722. The molecule has 0 atom stereocenters. The van der Waals surface area contributed by atoms with E-state index in [-0.39, 0.29) is 0 Å². The smallest absolute Gasteiger partial charge is 0.0233 e. The molecule has 21 heavy (non-hydrogen) atoms. The van der Waals surface area contributed by atoms with Crippen molar-refractivity contribution in [1.29, 1.82) is 0 Å². The third-order valence-corrected chi connectivity index (χ3v) is 4.43. The van der Waals surface area contributed by atoms with Crippen LogP contribution in [-0.4, -0.2) is 31.1 Å². The van der Waals surface area contributed by atoms with Gasteiger partial charge in [0.2, 0.25) is 0 Å². The lowest BCUT2D eigenvalue weighted by atomic mass is 10.0. The summed E-state index contributed by atoms with van der Waals surface area (Å²) in [6.07, 6.45) is 2.52. The van der Waals surface area contributed by atoms with Crippen LogP contribution in [0.5, 0.6) is 0 Å². The number of piperidine rings is 1. The number of rotatable bonds is 4. The van der Waals surface area contributed by atoms with Crippen molar-refractivity contribution in [1.82, 2.24) is 10.2 Å². The van der Waals surface area contributed by atoms with E-state index in [4.69, 9.17) is 0 Å². The Bertz CT molecular complexity index is 542. The Balaban J connectivity index is 1.64. The summed E-state index contributed by atoms with van der Waals surface area (Å²) in [5.41, 5.74) is 3.98. The van der Waals surface area contributed by atoms with E-state index in [2.05, 4.69) is 71.9 Å². The van der Waals surface area contributed by atoms with Crippen molar-refractivity contribution in [2.45, 2.75) is 25.4 Å². The molecule has 0 aromatic heterocycles. The van der Waals surface area contributed by atoms with Crippen LogP contribution < -0.4 is 5.32 Å². The summed E-state index contributed by atoms with van der Waals surface area (Å²) < 4.78 is 0. The second-order valence-corrected chi connectivity index (χ2v) is 5.96. The van der Waals surface area contributed by atoms with Gasteiger partial charge < -0.3 is 5.32 Å². The maximum atomic E-state index is 3.43. The number of benzene rings is 2. The van der Waals surface area contributed by atoms with E-state index in [1.165, 1.54) is 29.5 Å². The average molecular weight is 280 g/mol. The molecule has 0 saturated carbocycles. The summed E-state index contributed by atoms with van der Waals surface area (Å²) in [5, 5.41) is 3.43. The van der Waals surface area contributed by atoms with E-state index in [0.29, 0.717) is 0 Å². The first-order valence-corrected chi connectivity index (χ1v) is 7.88. The highest BCUT2D eigenvalue weighted by atomic mass is 15.1. The molecule has 0 bridgehead atoms. The summed E-state index contributed by atoms with van der Waals surface area (Å²) in [6.45, 7) is 3.35. The minimum Gasteiger partial charge on any atom is -0.317 e. The summed E-state index contributed by atoms with van der Waals surface area (Å²) in [5.74, 6) is 0. The first-order valence-electron chi connectivity index (χ1n) is 7.88. The highest BCUT2D eigenvalue weighted by molar-refractivity contribution is 5.63. The van der Waals surface area contributed by atoms with Crippen LogP contribution in [0, 0.1) is 0 Å². The van der Waals surface area contributed by atoms with Crippen molar-refractivity contribution in [3.8, 4) is 11.1 Å². The molecule has 0 radical (unpaired) electrons. The van der Waals surface area contributed by atoms with Crippen LogP contribution in [0.3, 0.4) is 0 Å². The van der Waals surface area contributed by atoms with Gasteiger partial charge in [0.1, 0.15) is 0 Å². The molecule has 1 fully saturated rings. The second kappa shape index (κ2) is 6.88. The lowest BCUT2D eigenvalue weighted by Gasteiger charge is -2.31. The third kappa shape index (κ3) is 3.72. The van der Waals surface area contributed by atoms with E-state index in [0.717, 1.165) is 25.7 Å². The van der Waals surface area contributed by atoms with Gasteiger partial charge in [0.15, 0.2) is 0 Å². The molecule has 0 aliphatic carbocycles. The molecular formula is C19H24N2. The zero-order valence-electron chi connectivity index (χ0n) is 12.8. The first-order chi connectivity index (χ1) is 10.3. The molecule has 1 heterocycles. The van der Waals surface area contributed by atoms with Crippen LogP contribution in [0.15, 0.2) is 54.6 Å². The predicted molar refractivity (Wildman–Crippen MR) is 89.2 cm³/mol. The monoisotopic (exact) mass is 280 g/mol. The van der Waals surface area contributed by atoms with Gasteiger partial charge >= 0.3 is 0 Å². The molecule has 110 valence electrons. The van der Waals surface area contributed by atoms with E-state index in [1.807, 2.05) is 0 Å². The molecule has 2 aromatic rings. The maximum Gasteiger partial charge on any atom is 0.0233 e. The molecule has 3 rings (SSSR count). The lowest BCUT2D eigenvalue weighted by molar-refractivity contribution is 0.192. The maximum absolute atomic E-state index is 3.43. The molecule has 0 spiro atoms. The predicted octanol–water partition coefficient (Wildman–Crippen LogP) is 3.54. The Kier molecular flexibility index (Phi) is 4.69. The van der Waals surface area contributed by atoms with E-state index in [9.17, 15) is 0 Å². The molecule has 0 amide bonds. The van der Waals surface area contributed by atoms with Gasteiger partial charge in [-0.05, 0) is 49.7 Å². The van der Waals surface area contributed by atoms with Crippen molar-refractivity contribution in [2.75, 3.05) is 20.1 Å². The van der Waals surface area contributed by atoms with Crippen LogP contribution in [0.2, 0.25) is 0 Å². The standard InChI is InChI=1S/C19H24N2/c1-21(19-11-13-20-14-12-19)15-16-7-9-18(10-8-16)17-5-3-2-4-6-17/h2-10,19-20H,11-15H2,1H3. The fourth-order valence-electron chi connectivity index (χ4n) is 3.10. The molecule has 2 aromatic carbocycles. The Morgan fingerprint density at radius 3 is 2.19 bits per heavy atom. The number of hydrogen-bond acceptors (Lipinski definition) is 2. The van der Waals surface area contributed by atoms with E-state index >= 15 is 0 Å². The van der Waals surface area contributed by atoms with Gasteiger partial charge in [0.05, 0.1) is 0 Å². The SMILES string of the molecule is CN(Cc1ccc(-c2ccccc2)cc1)C1CCNCC1. The normalized spacial score (nSPS) is 16.3. The van der Waals surface area contributed by atoms with Gasteiger partial charge in [-0.2, -0.15) is 0 Å². The van der Waals surface area contributed by atoms with Crippen molar-refractivity contribution in [3.05, 3.63) is 60.2 Å². The Labute approximate surface area is 127 Å². The Morgan fingerprint density at radius 2 is 1.52 bits per heavy atom. The molecule has 1 aliphatic heterocycles. The molecule has 2 heteroatoms. The van der Waals surface area contributed by atoms with Gasteiger partial charge in [0, 0.05) is 12.6 Å². The average Bonchev–Trinajstić information content (AvgIpc) is 2.57. The van der Waals surface area contributed by atoms with E-state index in [1.54, 1.807) is 0 Å². The number of nitrogens with one attached hydrogen (secondary N) is 1. The molecule has 2 nitrogen and oxygen atoms in total. The largest absolute Gasteiger partial charge is 0.317 e. The topological polar surface area (TPSA) is 15.3 Å². The van der Waals surface area contributed by atoms with Gasteiger partial charge in [-0.3, -0.25) is 4.90 Å². The highest BCUT2D eigenvalue weighted by Crippen LogP contribution is 2.20. The quantitative estimate of drug-likeness (QED) is 0.921. The van der Waals surface area contributed by atoms with Crippen LogP contribution >= 0.6 is 0 Å². The van der Waals surface area contributed by atoms with Crippen LogP contribution in [0.25, 0.3) is 11.1 Å². The summed E-state index contributed by atoms with van der Waals surface area (Å²) >= 11 is 0. The highest BCUT2D eigenvalue weighted by Gasteiger charge is 2.17. The zero-order chi connectivity index (χ0) is 14.5. The van der Waals surface area contributed by atoms with Crippen LogP contribution in [0.4, 0.5) is 0 Å². The number of nitrogens with zero attached hydrogens (tertiary/aromatic N) is 1. The second-order valence-electron chi connectivity index (χ2n) is 5.96. The third-order valence-electron chi connectivity index (χ3n) is 4.43. The van der Waals surface area contributed by atoms with Crippen molar-refractivity contribution < 1.29 is 0 Å². The van der Waals surface area contributed by atoms with Crippen molar-refractivity contribution in [2.24, 2.45) is 0 Å². The van der Waals surface area contributed by atoms with Gasteiger partial charge in [-0.1, -0.05) is 54.6 Å². The lowest BCUT2D eigenvalue weighted by Crippen LogP contribution is -2.40.